The molecule has 0 spiro atoms. The summed E-state index contributed by atoms with van der Waals surface area (Å²) >= 11 is 0. The van der Waals surface area contributed by atoms with Crippen LogP contribution in [0.3, 0.4) is 0 Å². The highest BCUT2D eigenvalue weighted by molar-refractivity contribution is 6.05. The van der Waals surface area contributed by atoms with Crippen molar-refractivity contribution in [2.24, 2.45) is 0 Å². The molecule has 0 bridgehead atoms. The molecule has 154 valence electrons. The van der Waals surface area contributed by atoms with Gasteiger partial charge in [0.15, 0.2) is 11.9 Å². The molecule has 0 aliphatic rings. The van der Waals surface area contributed by atoms with Crippen molar-refractivity contribution in [3.05, 3.63) is 35.7 Å². The number of carbonyl (C=O) groups is 2. The van der Waals surface area contributed by atoms with E-state index in [2.05, 4.69) is 10.1 Å². The highest BCUT2D eigenvalue weighted by atomic mass is 16.5. The summed E-state index contributed by atoms with van der Waals surface area (Å²) in [7, 11) is 0. The fourth-order valence-corrected chi connectivity index (χ4v) is 3.40. The van der Waals surface area contributed by atoms with Crippen LogP contribution in [0.2, 0.25) is 0 Å². The Morgan fingerprint density at radius 2 is 1.83 bits per heavy atom. The van der Waals surface area contributed by atoms with Crippen molar-refractivity contribution in [3.63, 3.8) is 0 Å². The van der Waals surface area contributed by atoms with Gasteiger partial charge >= 0.3 is 5.97 Å². The van der Waals surface area contributed by atoms with Crippen LogP contribution in [0.5, 0.6) is 0 Å². The summed E-state index contributed by atoms with van der Waals surface area (Å²) in [5.74, 6) is -0.420. The number of ether oxygens (including phenoxy) is 1. The summed E-state index contributed by atoms with van der Waals surface area (Å²) in [5.41, 5.74) is 1.35. The number of fused-ring (bicyclic) bond motifs is 1. The van der Waals surface area contributed by atoms with Gasteiger partial charge in [-0.3, -0.25) is 4.79 Å². The van der Waals surface area contributed by atoms with Gasteiger partial charge in [-0.05, 0) is 59.7 Å². The van der Waals surface area contributed by atoms with Gasteiger partial charge in [0, 0.05) is 12.1 Å². The molecule has 0 saturated carbocycles. The molecule has 0 saturated heterocycles. The first-order valence-electron chi connectivity index (χ1n) is 9.54. The Labute approximate surface area is 168 Å². The van der Waals surface area contributed by atoms with Crippen LogP contribution in [-0.2, 0) is 9.53 Å². The molecule has 1 atom stereocenters. The Morgan fingerprint density at radius 3 is 2.41 bits per heavy atom. The molecule has 0 aromatic carbocycles. The first-order chi connectivity index (χ1) is 13.7. The molecule has 1 amide bonds. The second kappa shape index (κ2) is 8.06. The van der Waals surface area contributed by atoms with E-state index in [1.807, 2.05) is 27.7 Å². The number of nitrogens with zero attached hydrogens (tertiary/aromatic N) is 3. The zero-order chi connectivity index (χ0) is 21.3. The van der Waals surface area contributed by atoms with Crippen LogP contribution in [0.15, 0.2) is 33.4 Å². The van der Waals surface area contributed by atoms with Crippen LogP contribution in [0.1, 0.15) is 50.7 Å². The summed E-state index contributed by atoms with van der Waals surface area (Å²) < 4.78 is 16.1. The third-order valence-corrected chi connectivity index (χ3v) is 4.61. The number of rotatable bonds is 6. The molecule has 3 aromatic heterocycles. The Kier molecular flexibility index (Phi) is 5.72. The van der Waals surface area contributed by atoms with Crippen molar-refractivity contribution in [2.45, 2.75) is 59.7 Å². The van der Waals surface area contributed by atoms with E-state index in [0.29, 0.717) is 22.5 Å². The number of amides is 1. The number of hydrogen-bond donors (Lipinski definition) is 0. The number of pyridine rings is 1. The van der Waals surface area contributed by atoms with Crippen LogP contribution in [-0.4, -0.2) is 45.1 Å². The zero-order valence-electron chi connectivity index (χ0n) is 17.4. The lowest BCUT2D eigenvalue weighted by atomic mass is 10.1. The molecular weight excluding hydrogens is 374 g/mol. The van der Waals surface area contributed by atoms with E-state index in [9.17, 15) is 9.59 Å². The second-order valence-electron chi connectivity index (χ2n) is 7.46. The van der Waals surface area contributed by atoms with Crippen LogP contribution >= 0.6 is 0 Å². The molecule has 8 heteroatoms. The lowest BCUT2D eigenvalue weighted by Gasteiger charge is -2.32. The van der Waals surface area contributed by atoms with Crippen molar-refractivity contribution in [1.29, 1.82) is 0 Å². The number of aromatic nitrogens is 2. The van der Waals surface area contributed by atoms with Crippen LogP contribution in [0.4, 0.5) is 0 Å². The SMILES string of the molecule is Cc1noc2nc(-c3ccco3)cc(C(=O)OC(C)C(=O)N(C(C)C)C(C)C)c12. The van der Waals surface area contributed by atoms with E-state index in [1.54, 1.807) is 36.9 Å². The van der Waals surface area contributed by atoms with Gasteiger partial charge in [0.2, 0.25) is 0 Å². The average molecular weight is 399 g/mol. The van der Waals surface area contributed by atoms with Gasteiger partial charge in [0.1, 0.15) is 5.69 Å². The van der Waals surface area contributed by atoms with Gasteiger partial charge in [-0.25, -0.2) is 9.78 Å². The predicted molar refractivity (Wildman–Crippen MR) is 106 cm³/mol. The first kappa shape index (κ1) is 20.6. The minimum atomic E-state index is -0.942. The minimum absolute atomic E-state index is 0.0119. The summed E-state index contributed by atoms with van der Waals surface area (Å²) in [6, 6.07) is 4.98. The van der Waals surface area contributed by atoms with Crippen LogP contribution in [0, 0.1) is 6.92 Å². The number of hydrogen-bond acceptors (Lipinski definition) is 7. The summed E-state index contributed by atoms with van der Waals surface area (Å²) in [5, 5.41) is 4.35. The largest absolute Gasteiger partial charge is 0.463 e. The highest BCUT2D eigenvalue weighted by Gasteiger charge is 2.29. The van der Waals surface area contributed by atoms with Gasteiger partial charge in [-0.1, -0.05) is 5.16 Å². The molecule has 8 nitrogen and oxygen atoms in total. The van der Waals surface area contributed by atoms with Gasteiger partial charge in [0.05, 0.1) is 22.9 Å². The molecule has 0 radical (unpaired) electrons. The van der Waals surface area contributed by atoms with E-state index in [0.717, 1.165) is 0 Å². The van der Waals surface area contributed by atoms with Gasteiger partial charge < -0.3 is 18.6 Å². The number of esters is 1. The minimum Gasteiger partial charge on any atom is -0.463 e. The molecule has 1 unspecified atom stereocenters. The third kappa shape index (κ3) is 4.01. The normalized spacial score (nSPS) is 12.6. The van der Waals surface area contributed by atoms with Gasteiger partial charge in [-0.2, -0.15) is 0 Å². The van der Waals surface area contributed by atoms with Crippen molar-refractivity contribution in [2.75, 3.05) is 0 Å². The molecule has 3 aromatic rings. The monoisotopic (exact) mass is 399 g/mol. The molecule has 0 N–H and O–H groups in total. The second-order valence-corrected chi connectivity index (χ2v) is 7.46. The Balaban J connectivity index is 1.94. The number of carbonyl (C=O) groups excluding carboxylic acids is 2. The molecule has 0 fully saturated rings. The van der Waals surface area contributed by atoms with Crippen LogP contribution in [0.25, 0.3) is 22.6 Å². The van der Waals surface area contributed by atoms with E-state index in [1.165, 1.54) is 6.26 Å². The lowest BCUT2D eigenvalue weighted by Crippen LogP contribution is -2.47. The van der Waals surface area contributed by atoms with Crippen molar-refractivity contribution in [3.8, 4) is 11.5 Å². The predicted octanol–water partition coefficient (Wildman–Crippen LogP) is 3.98. The van der Waals surface area contributed by atoms with Gasteiger partial charge in [-0.15, -0.1) is 0 Å². The molecular formula is C21H25N3O5. The maximum atomic E-state index is 13.0. The molecule has 29 heavy (non-hydrogen) atoms. The Hall–Kier alpha value is -3.16. The first-order valence-corrected chi connectivity index (χ1v) is 9.54. The summed E-state index contributed by atoms with van der Waals surface area (Å²) in [6.45, 7) is 11.0. The molecule has 0 aliphatic carbocycles. The van der Waals surface area contributed by atoms with Crippen LogP contribution < -0.4 is 0 Å². The van der Waals surface area contributed by atoms with Crippen molar-refractivity contribution in [1.82, 2.24) is 15.0 Å². The van der Waals surface area contributed by atoms with E-state index in [-0.39, 0.29) is 29.3 Å². The smallest absolute Gasteiger partial charge is 0.339 e. The standard InChI is InChI=1S/C21H25N3O5/c1-11(2)24(12(3)4)20(25)14(6)28-21(26)15-10-16(17-8-7-9-27-17)22-19-18(15)13(5)23-29-19/h7-12,14H,1-6H3. The average Bonchev–Trinajstić information content (AvgIpc) is 3.30. The number of furan rings is 1. The highest BCUT2D eigenvalue weighted by Crippen LogP contribution is 2.28. The van der Waals surface area contributed by atoms with Crippen molar-refractivity contribution < 1.29 is 23.3 Å². The maximum Gasteiger partial charge on any atom is 0.339 e. The van der Waals surface area contributed by atoms with E-state index >= 15 is 0 Å². The summed E-state index contributed by atoms with van der Waals surface area (Å²) in [4.78, 5) is 31.9. The quantitative estimate of drug-likeness (QED) is 0.578. The Morgan fingerprint density at radius 1 is 1.14 bits per heavy atom. The fraction of sp³-hybridized carbons (Fsp3) is 0.429. The van der Waals surface area contributed by atoms with Gasteiger partial charge in [0.25, 0.3) is 11.6 Å². The third-order valence-electron chi connectivity index (χ3n) is 4.61. The molecule has 3 rings (SSSR count). The Bertz CT molecular complexity index is 1010. The van der Waals surface area contributed by atoms with Crippen molar-refractivity contribution >= 4 is 23.0 Å². The summed E-state index contributed by atoms with van der Waals surface area (Å²) in [6.07, 6.45) is 0.570. The van der Waals surface area contributed by atoms with E-state index in [4.69, 9.17) is 13.7 Å². The molecule has 3 heterocycles. The lowest BCUT2D eigenvalue weighted by molar-refractivity contribution is -0.143. The molecule has 0 aliphatic heterocycles. The zero-order valence-corrected chi connectivity index (χ0v) is 17.4. The fourth-order valence-electron chi connectivity index (χ4n) is 3.40. The number of aryl methyl sites for hydroxylation is 1. The topological polar surface area (TPSA) is 98.7 Å². The maximum absolute atomic E-state index is 13.0. The van der Waals surface area contributed by atoms with E-state index < -0.39 is 12.1 Å².